The van der Waals surface area contributed by atoms with Crippen LogP contribution in [0.5, 0.6) is 0 Å². The molecule has 4 bridgehead atoms. The van der Waals surface area contributed by atoms with Crippen LogP contribution in [0.2, 0.25) is 0 Å². The number of cyclic esters (lactones) is 1. The molecule has 198 valence electrons. The molecular weight excluding hydrogens is 444 g/mol. The first-order chi connectivity index (χ1) is 16.5. The summed E-state index contributed by atoms with van der Waals surface area (Å²) >= 11 is 0. The van der Waals surface area contributed by atoms with Gasteiger partial charge in [-0.3, -0.25) is 14.4 Å². The largest absolute Gasteiger partial charge is 0.469 e. The molecule has 0 N–H and O–H groups in total. The Bertz CT molecular complexity index is 820. The van der Waals surface area contributed by atoms with E-state index in [0.29, 0.717) is 19.3 Å². The highest BCUT2D eigenvalue weighted by molar-refractivity contribution is 5.79. The highest BCUT2D eigenvalue weighted by Gasteiger charge is 2.61. The zero-order chi connectivity index (χ0) is 25.5. The second-order valence-corrected chi connectivity index (χ2v) is 13.1. The van der Waals surface area contributed by atoms with E-state index < -0.39 is 17.0 Å². The van der Waals surface area contributed by atoms with Crippen LogP contribution in [0.15, 0.2) is 0 Å². The van der Waals surface area contributed by atoms with Crippen LogP contribution in [0.1, 0.15) is 92.4 Å². The van der Waals surface area contributed by atoms with Crippen LogP contribution in [0.4, 0.5) is 0 Å². The van der Waals surface area contributed by atoms with E-state index in [0.717, 1.165) is 5.92 Å². The Balaban J connectivity index is 0.000000184. The molecule has 9 unspecified atom stereocenters. The second-order valence-electron chi connectivity index (χ2n) is 13.1. The minimum absolute atomic E-state index is 0.0586. The summed E-state index contributed by atoms with van der Waals surface area (Å²) in [6.45, 7) is 9.87. The van der Waals surface area contributed by atoms with E-state index in [9.17, 15) is 14.4 Å². The lowest BCUT2D eigenvalue weighted by atomic mass is 9.68. The fourth-order valence-electron chi connectivity index (χ4n) is 8.43. The standard InChI is InChI=1S/C16H26O6.C13H20/c1-6-11(13(18)20-5)9-15(2,3)14(19)22-16(4)7-8-21-12(17)10-16;1-7-4-10-6-11(7)13-9-3-2-8(5-9)12(10)13/h11H,6-10H2,1-5H3;7-13H,2-6H2,1H3. The number of methoxy groups -OCH3 is 1. The lowest BCUT2D eigenvalue weighted by Crippen LogP contribution is -2.44. The van der Waals surface area contributed by atoms with Gasteiger partial charge in [-0.15, -0.1) is 0 Å². The van der Waals surface area contributed by atoms with Gasteiger partial charge in [0.25, 0.3) is 0 Å². The van der Waals surface area contributed by atoms with E-state index in [1.54, 1.807) is 52.9 Å². The van der Waals surface area contributed by atoms with Gasteiger partial charge in [0.1, 0.15) is 5.60 Å². The van der Waals surface area contributed by atoms with Gasteiger partial charge < -0.3 is 14.2 Å². The van der Waals surface area contributed by atoms with Gasteiger partial charge >= 0.3 is 17.9 Å². The van der Waals surface area contributed by atoms with Crippen molar-refractivity contribution >= 4 is 17.9 Å². The summed E-state index contributed by atoms with van der Waals surface area (Å²) in [4.78, 5) is 35.6. The maximum atomic E-state index is 12.5. The van der Waals surface area contributed by atoms with Crippen molar-refractivity contribution in [3.63, 3.8) is 0 Å². The van der Waals surface area contributed by atoms with Crippen molar-refractivity contribution in [3.05, 3.63) is 0 Å². The first kappa shape index (κ1) is 26.5. The maximum absolute atomic E-state index is 12.5. The molecule has 0 aromatic rings. The Kier molecular flexibility index (Phi) is 7.60. The average Bonchev–Trinajstić information content (AvgIpc) is 3.57. The molecule has 5 fully saturated rings. The summed E-state index contributed by atoms with van der Waals surface area (Å²) in [5, 5.41) is 0. The lowest BCUT2D eigenvalue weighted by Gasteiger charge is -2.37. The number of hydrogen-bond acceptors (Lipinski definition) is 6. The molecule has 0 aromatic carbocycles. The fraction of sp³-hybridized carbons (Fsp3) is 0.897. The zero-order valence-electron chi connectivity index (χ0n) is 22.6. The van der Waals surface area contributed by atoms with Crippen molar-refractivity contribution in [2.75, 3.05) is 13.7 Å². The van der Waals surface area contributed by atoms with Crippen LogP contribution in [0, 0.1) is 52.8 Å². The third-order valence-electron chi connectivity index (χ3n) is 10.2. The quantitative estimate of drug-likeness (QED) is 0.275. The van der Waals surface area contributed by atoms with Crippen LogP contribution in [-0.4, -0.2) is 37.2 Å². The summed E-state index contributed by atoms with van der Waals surface area (Å²) in [5.74, 6) is 6.81. The Labute approximate surface area is 211 Å². The summed E-state index contributed by atoms with van der Waals surface area (Å²) in [7, 11) is 1.34. The van der Waals surface area contributed by atoms with Crippen LogP contribution >= 0.6 is 0 Å². The molecule has 5 rings (SSSR count). The molecule has 1 heterocycles. The zero-order valence-corrected chi connectivity index (χ0v) is 22.6. The predicted molar refractivity (Wildman–Crippen MR) is 132 cm³/mol. The molecule has 0 radical (unpaired) electrons. The average molecular weight is 491 g/mol. The number of hydrogen-bond donors (Lipinski definition) is 0. The minimum Gasteiger partial charge on any atom is -0.469 e. The Morgan fingerprint density at radius 3 is 2.43 bits per heavy atom. The van der Waals surface area contributed by atoms with Gasteiger partial charge in [-0.05, 0) is 107 Å². The Hall–Kier alpha value is -1.59. The normalized spacial score (nSPS) is 39.8. The number of ether oxygens (including phenoxy) is 3. The molecule has 5 aliphatic rings. The first-order valence-electron chi connectivity index (χ1n) is 13.9. The SMILES string of the molecule is CC1CC2CC1C1C3CCC(C3)C21.CCC(CC(C)(C)C(=O)OC1(C)CCOC(=O)C1)C(=O)OC. The van der Waals surface area contributed by atoms with E-state index >= 15 is 0 Å². The monoisotopic (exact) mass is 490 g/mol. The summed E-state index contributed by atoms with van der Waals surface area (Å²) in [6, 6.07) is 0. The van der Waals surface area contributed by atoms with Crippen molar-refractivity contribution < 1.29 is 28.6 Å². The molecule has 6 heteroatoms. The maximum Gasteiger partial charge on any atom is 0.312 e. The van der Waals surface area contributed by atoms with Crippen molar-refractivity contribution in [3.8, 4) is 0 Å². The summed E-state index contributed by atoms with van der Waals surface area (Å²) in [5.41, 5.74) is -1.67. The molecule has 4 aliphatic carbocycles. The van der Waals surface area contributed by atoms with Crippen LogP contribution in [-0.2, 0) is 28.6 Å². The van der Waals surface area contributed by atoms with E-state index in [-0.39, 0.29) is 30.9 Å². The van der Waals surface area contributed by atoms with Gasteiger partial charge in [0.15, 0.2) is 0 Å². The number of carbonyl (C=O) groups excluding carboxylic acids is 3. The number of esters is 3. The van der Waals surface area contributed by atoms with Crippen LogP contribution < -0.4 is 0 Å². The van der Waals surface area contributed by atoms with Gasteiger partial charge in [0.2, 0.25) is 0 Å². The van der Waals surface area contributed by atoms with E-state index in [2.05, 4.69) is 6.92 Å². The fourth-order valence-corrected chi connectivity index (χ4v) is 8.43. The van der Waals surface area contributed by atoms with Crippen molar-refractivity contribution in [1.29, 1.82) is 0 Å². The number of fused-ring (bicyclic) bond motifs is 9. The van der Waals surface area contributed by atoms with E-state index in [1.807, 2.05) is 6.92 Å². The molecule has 1 saturated heterocycles. The van der Waals surface area contributed by atoms with Gasteiger partial charge in [0.05, 0.1) is 31.5 Å². The van der Waals surface area contributed by atoms with Crippen LogP contribution in [0.25, 0.3) is 0 Å². The molecule has 6 nitrogen and oxygen atoms in total. The van der Waals surface area contributed by atoms with E-state index in [1.165, 1.54) is 42.6 Å². The molecule has 35 heavy (non-hydrogen) atoms. The van der Waals surface area contributed by atoms with Gasteiger partial charge in [-0.1, -0.05) is 13.8 Å². The summed E-state index contributed by atoms with van der Waals surface area (Å²) in [6.07, 6.45) is 9.53. The third kappa shape index (κ3) is 5.27. The molecular formula is C29H46O6. The highest BCUT2D eigenvalue weighted by Crippen LogP contribution is 2.68. The second kappa shape index (κ2) is 10.0. The first-order valence-corrected chi connectivity index (χ1v) is 13.9. The van der Waals surface area contributed by atoms with Crippen molar-refractivity contribution in [1.82, 2.24) is 0 Å². The van der Waals surface area contributed by atoms with Gasteiger partial charge in [-0.25, -0.2) is 0 Å². The molecule has 9 atom stereocenters. The van der Waals surface area contributed by atoms with Crippen molar-refractivity contribution in [2.45, 2.75) is 98.0 Å². The Morgan fingerprint density at radius 2 is 1.80 bits per heavy atom. The molecule has 4 saturated carbocycles. The topological polar surface area (TPSA) is 78.9 Å². The molecule has 0 aromatic heterocycles. The highest BCUT2D eigenvalue weighted by atomic mass is 16.6. The number of rotatable bonds is 6. The molecule has 1 aliphatic heterocycles. The van der Waals surface area contributed by atoms with Crippen molar-refractivity contribution in [2.24, 2.45) is 52.8 Å². The molecule has 0 amide bonds. The van der Waals surface area contributed by atoms with Gasteiger partial charge in [-0.2, -0.15) is 0 Å². The molecule has 0 spiro atoms. The lowest BCUT2D eigenvalue weighted by molar-refractivity contribution is -0.183. The third-order valence-corrected chi connectivity index (χ3v) is 10.2. The Morgan fingerprint density at radius 1 is 1.11 bits per heavy atom. The minimum atomic E-state index is -0.837. The smallest absolute Gasteiger partial charge is 0.312 e. The van der Waals surface area contributed by atoms with E-state index in [4.69, 9.17) is 14.2 Å². The predicted octanol–water partition coefficient (Wildman–Crippen LogP) is 5.57. The van der Waals surface area contributed by atoms with Crippen LogP contribution in [0.3, 0.4) is 0 Å². The van der Waals surface area contributed by atoms with Gasteiger partial charge in [0, 0.05) is 6.42 Å². The number of carbonyl (C=O) groups is 3. The summed E-state index contributed by atoms with van der Waals surface area (Å²) < 4.78 is 15.2.